The molecule has 3 saturated heterocycles. The topological polar surface area (TPSA) is 117 Å². The zero-order valence-electron chi connectivity index (χ0n) is 30.5. The quantitative estimate of drug-likeness (QED) is 0.156. The average molecular weight is 720 g/mol. The van der Waals surface area contributed by atoms with Crippen molar-refractivity contribution in [1.82, 2.24) is 14.7 Å². The Bertz CT molecular complexity index is 1790. The number of ether oxygens (including phenoxy) is 2. The molecule has 3 aromatic rings. The number of amides is 3. The molecular weight excluding hydrogens is 670 g/mol. The van der Waals surface area contributed by atoms with Gasteiger partial charge in [-0.2, -0.15) is 0 Å². The van der Waals surface area contributed by atoms with Crippen LogP contribution in [0.5, 0.6) is 0 Å². The summed E-state index contributed by atoms with van der Waals surface area (Å²) in [7, 11) is 1.69. The van der Waals surface area contributed by atoms with Crippen molar-refractivity contribution in [3.8, 4) is 0 Å². The summed E-state index contributed by atoms with van der Waals surface area (Å²) in [5.41, 5.74) is 0.938. The lowest BCUT2D eigenvalue weighted by Gasteiger charge is -2.39. The van der Waals surface area contributed by atoms with Crippen LogP contribution in [0.4, 0.5) is 0 Å². The van der Waals surface area contributed by atoms with Gasteiger partial charge in [0.1, 0.15) is 17.7 Å². The monoisotopic (exact) mass is 719 g/mol. The number of esters is 1. The Balaban J connectivity index is 1.38. The van der Waals surface area contributed by atoms with E-state index < -0.39 is 66.3 Å². The predicted molar refractivity (Wildman–Crippen MR) is 200 cm³/mol. The van der Waals surface area contributed by atoms with Crippen molar-refractivity contribution in [1.29, 1.82) is 0 Å². The average Bonchev–Trinajstić information content (AvgIpc) is 3.84. The standard InChI is InChI=1S/C43H49N3O7/c1-5-7-23-35(48)44(4)29(3)38(32-21-15-10-16-22-32)52-42(51)36-34-24-25-43(53-34)37(36)40(49)46(33(28-47)31-19-13-9-14-20-31)39(43)41(50)45(26-6-2)27-30-17-11-8-12-18-30/h5-6,8-22,29,33-34,36-39,47H,1-2,7,23-28H2,3-4H3/t29-,33-,34+,36-,37-,38+,39+,43-/m1/s1. The van der Waals surface area contributed by atoms with E-state index in [1.165, 1.54) is 4.90 Å². The second-order valence-corrected chi connectivity index (χ2v) is 14.2. The highest BCUT2D eigenvalue weighted by atomic mass is 16.6. The molecule has 0 unspecified atom stereocenters. The number of carbonyl (C=O) groups is 4. The van der Waals surface area contributed by atoms with Gasteiger partial charge in [0.15, 0.2) is 0 Å². The van der Waals surface area contributed by atoms with E-state index in [9.17, 15) is 24.3 Å². The van der Waals surface area contributed by atoms with Gasteiger partial charge in [-0.05, 0) is 42.9 Å². The largest absolute Gasteiger partial charge is 0.455 e. The Morgan fingerprint density at radius 3 is 2.21 bits per heavy atom. The fourth-order valence-electron chi connectivity index (χ4n) is 8.49. The molecular formula is C43H49N3O7. The summed E-state index contributed by atoms with van der Waals surface area (Å²) in [6.07, 6.45) is 3.45. The van der Waals surface area contributed by atoms with Gasteiger partial charge in [0, 0.05) is 26.6 Å². The fourth-order valence-corrected chi connectivity index (χ4v) is 8.49. The maximum absolute atomic E-state index is 15.0. The van der Waals surface area contributed by atoms with Crippen LogP contribution in [-0.2, 0) is 35.2 Å². The van der Waals surface area contributed by atoms with E-state index in [0.29, 0.717) is 30.4 Å². The molecule has 3 heterocycles. The van der Waals surface area contributed by atoms with Crippen LogP contribution in [0.15, 0.2) is 116 Å². The first-order valence-corrected chi connectivity index (χ1v) is 18.4. The number of likely N-dealkylation sites (N-methyl/N-ethyl adjacent to an activating group) is 1. The molecule has 0 radical (unpaired) electrons. The molecule has 1 N–H and O–H groups in total. The Kier molecular flexibility index (Phi) is 11.6. The van der Waals surface area contributed by atoms with Crippen molar-refractivity contribution in [2.24, 2.45) is 11.8 Å². The molecule has 0 aromatic heterocycles. The van der Waals surface area contributed by atoms with Gasteiger partial charge >= 0.3 is 5.97 Å². The molecule has 1 spiro atoms. The van der Waals surface area contributed by atoms with Crippen molar-refractivity contribution in [3.05, 3.63) is 133 Å². The molecule has 6 rings (SSSR count). The van der Waals surface area contributed by atoms with Crippen molar-refractivity contribution in [3.63, 3.8) is 0 Å². The molecule has 3 aromatic carbocycles. The number of carbonyl (C=O) groups excluding carboxylic acids is 4. The lowest BCUT2D eigenvalue weighted by molar-refractivity contribution is -0.165. The van der Waals surface area contributed by atoms with E-state index in [4.69, 9.17) is 9.47 Å². The molecule has 10 nitrogen and oxygen atoms in total. The number of likely N-dealkylation sites (tertiary alicyclic amines) is 1. The second kappa shape index (κ2) is 16.3. The molecule has 3 amide bonds. The van der Waals surface area contributed by atoms with Crippen LogP contribution < -0.4 is 0 Å². The molecule has 3 fully saturated rings. The fraction of sp³-hybridized carbons (Fsp3) is 0.395. The Hall–Kier alpha value is -5.06. The zero-order chi connectivity index (χ0) is 37.7. The Morgan fingerprint density at radius 2 is 1.60 bits per heavy atom. The van der Waals surface area contributed by atoms with Gasteiger partial charge in [0.2, 0.25) is 17.7 Å². The minimum absolute atomic E-state index is 0.116. The van der Waals surface area contributed by atoms with E-state index in [-0.39, 0.29) is 31.3 Å². The first kappa shape index (κ1) is 37.7. The molecule has 53 heavy (non-hydrogen) atoms. The highest BCUT2D eigenvalue weighted by Crippen LogP contribution is 2.60. The third-order valence-electron chi connectivity index (χ3n) is 11.2. The summed E-state index contributed by atoms with van der Waals surface area (Å²) in [6, 6.07) is 25.4. The maximum Gasteiger partial charge on any atom is 0.313 e. The van der Waals surface area contributed by atoms with Crippen LogP contribution in [0.2, 0.25) is 0 Å². The number of aliphatic hydroxyl groups excluding tert-OH is 1. The number of aliphatic hydroxyl groups is 1. The van der Waals surface area contributed by atoms with Crippen molar-refractivity contribution < 1.29 is 33.8 Å². The van der Waals surface area contributed by atoms with E-state index in [0.717, 1.165) is 5.56 Å². The highest BCUT2D eigenvalue weighted by molar-refractivity contribution is 5.98. The van der Waals surface area contributed by atoms with Crippen LogP contribution in [0.1, 0.15) is 61.4 Å². The van der Waals surface area contributed by atoms with Gasteiger partial charge in [-0.15, -0.1) is 13.2 Å². The van der Waals surface area contributed by atoms with Gasteiger partial charge < -0.3 is 29.3 Å². The molecule has 2 bridgehead atoms. The van der Waals surface area contributed by atoms with E-state index in [1.54, 1.807) is 29.0 Å². The van der Waals surface area contributed by atoms with Crippen LogP contribution in [0.3, 0.4) is 0 Å². The maximum atomic E-state index is 15.0. The third kappa shape index (κ3) is 7.18. The van der Waals surface area contributed by atoms with Gasteiger partial charge in [-0.3, -0.25) is 19.2 Å². The Morgan fingerprint density at radius 1 is 0.981 bits per heavy atom. The molecule has 0 aliphatic carbocycles. The number of fused-ring (bicyclic) bond motifs is 1. The van der Waals surface area contributed by atoms with Crippen LogP contribution in [0, 0.1) is 11.8 Å². The van der Waals surface area contributed by atoms with Gasteiger partial charge in [-0.1, -0.05) is 103 Å². The number of benzene rings is 3. The predicted octanol–water partition coefficient (Wildman–Crippen LogP) is 5.41. The molecule has 0 saturated carbocycles. The van der Waals surface area contributed by atoms with Gasteiger partial charge in [0.05, 0.1) is 36.6 Å². The summed E-state index contributed by atoms with van der Waals surface area (Å²) in [6.45, 7) is 9.49. The van der Waals surface area contributed by atoms with Gasteiger partial charge in [-0.25, -0.2) is 0 Å². The number of allylic oxidation sites excluding steroid dienone is 1. The first-order chi connectivity index (χ1) is 25.7. The first-order valence-electron chi connectivity index (χ1n) is 18.4. The number of hydrogen-bond donors (Lipinski definition) is 1. The van der Waals surface area contributed by atoms with Gasteiger partial charge in [0.25, 0.3) is 0 Å². The lowest BCUT2D eigenvalue weighted by atomic mass is 9.70. The minimum atomic E-state index is -1.33. The van der Waals surface area contributed by atoms with E-state index in [2.05, 4.69) is 13.2 Å². The highest BCUT2D eigenvalue weighted by Gasteiger charge is 2.76. The van der Waals surface area contributed by atoms with Crippen LogP contribution in [-0.4, -0.2) is 87.5 Å². The number of nitrogens with zero attached hydrogens (tertiary/aromatic N) is 3. The van der Waals surface area contributed by atoms with Crippen LogP contribution in [0.25, 0.3) is 0 Å². The zero-order valence-corrected chi connectivity index (χ0v) is 30.5. The number of rotatable bonds is 16. The minimum Gasteiger partial charge on any atom is -0.455 e. The molecule has 3 aliphatic rings. The summed E-state index contributed by atoms with van der Waals surface area (Å²) in [5.74, 6) is -3.55. The smallest absolute Gasteiger partial charge is 0.313 e. The molecule has 278 valence electrons. The summed E-state index contributed by atoms with van der Waals surface area (Å²) < 4.78 is 13.1. The van der Waals surface area contributed by atoms with Crippen molar-refractivity contribution >= 4 is 23.7 Å². The summed E-state index contributed by atoms with van der Waals surface area (Å²) >= 11 is 0. The number of hydrogen-bond acceptors (Lipinski definition) is 7. The second-order valence-electron chi connectivity index (χ2n) is 14.2. The van der Waals surface area contributed by atoms with Crippen molar-refractivity contribution in [2.45, 2.75) is 75.1 Å². The summed E-state index contributed by atoms with van der Waals surface area (Å²) in [4.78, 5) is 62.3. The molecule has 8 atom stereocenters. The SMILES string of the molecule is C=CCCC(=O)N(C)[C@H](C)[C@H](OC(=O)[C@@H]1[C@@H]2CC[C@]3(O2)[C@H](C(=O)N(CC=C)Cc2ccccc2)N([C@H](CO)c2ccccc2)C(=O)[C@@H]13)c1ccccc1. The lowest BCUT2D eigenvalue weighted by Crippen LogP contribution is -2.57. The van der Waals surface area contributed by atoms with E-state index >= 15 is 0 Å². The third-order valence-corrected chi connectivity index (χ3v) is 11.2. The van der Waals surface area contributed by atoms with Crippen molar-refractivity contribution in [2.75, 3.05) is 20.2 Å². The summed E-state index contributed by atoms with van der Waals surface area (Å²) in [5, 5.41) is 10.9. The van der Waals surface area contributed by atoms with Crippen LogP contribution >= 0.6 is 0 Å². The van der Waals surface area contributed by atoms with E-state index in [1.807, 2.05) is 97.9 Å². The Labute approximate surface area is 311 Å². The molecule has 3 aliphatic heterocycles. The molecule has 10 heteroatoms. The normalized spacial score (nSPS) is 24.5.